The number of aromatic nitrogens is 5. The van der Waals surface area contributed by atoms with E-state index >= 15 is 0 Å². The van der Waals surface area contributed by atoms with Crippen LogP contribution in [0.4, 0.5) is 10.8 Å². The highest BCUT2D eigenvalue weighted by Crippen LogP contribution is 2.29. The Hall–Kier alpha value is -4.37. The van der Waals surface area contributed by atoms with Crippen LogP contribution in [0.2, 0.25) is 0 Å². The number of carbonyl (C=O) groups is 2. The zero-order chi connectivity index (χ0) is 26.4. The van der Waals surface area contributed by atoms with Crippen molar-refractivity contribution >= 4 is 45.7 Å². The van der Waals surface area contributed by atoms with E-state index in [9.17, 15) is 19.7 Å². The number of non-ortho nitro benzene ring substituents is 1. The van der Waals surface area contributed by atoms with Gasteiger partial charge in [0.05, 0.1) is 30.0 Å². The first-order chi connectivity index (χ1) is 17.9. The number of anilines is 1. The minimum atomic E-state index is -0.536. The number of nitrogens with zero attached hydrogens (tertiary/aromatic N) is 6. The molecule has 2 aromatic carbocycles. The number of amides is 2. The van der Waals surface area contributed by atoms with Crippen molar-refractivity contribution in [2.45, 2.75) is 18.6 Å². The maximum absolute atomic E-state index is 12.6. The summed E-state index contributed by atoms with van der Waals surface area (Å²) in [6.45, 7) is 1.79. The Bertz CT molecular complexity index is 1440. The van der Waals surface area contributed by atoms with Crippen molar-refractivity contribution in [3.63, 3.8) is 0 Å². The van der Waals surface area contributed by atoms with Gasteiger partial charge in [-0.25, -0.2) is 0 Å². The molecule has 0 aliphatic heterocycles. The molecule has 4 aromatic rings. The second-order valence-electron chi connectivity index (χ2n) is 7.36. The Morgan fingerprint density at radius 1 is 1.11 bits per heavy atom. The number of benzene rings is 2. The van der Waals surface area contributed by atoms with E-state index in [0.717, 1.165) is 16.8 Å². The van der Waals surface area contributed by atoms with Crippen LogP contribution >= 0.6 is 23.1 Å². The Morgan fingerprint density at radius 2 is 1.86 bits per heavy atom. The van der Waals surface area contributed by atoms with Gasteiger partial charge in [-0.1, -0.05) is 35.2 Å². The number of methoxy groups -OCH3 is 1. The molecule has 4 rings (SSSR count). The average molecular weight is 541 g/mol. The number of nitrogens with one attached hydrogen (secondary N) is 2. The summed E-state index contributed by atoms with van der Waals surface area (Å²) in [5.74, 6) is 0.235. The van der Waals surface area contributed by atoms with Gasteiger partial charge in [0.2, 0.25) is 11.0 Å². The van der Waals surface area contributed by atoms with Gasteiger partial charge in [-0.05, 0) is 31.2 Å². The highest BCUT2D eigenvalue weighted by Gasteiger charge is 2.20. The molecule has 0 saturated heterocycles. The fourth-order valence-electron chi connectivity index (χ4n) is 3.19. The number of aryl methyl sites for hydroxylation is 1. The lowest BCUT2D eigenvalue weighted by atomic mass is 10.2. The number of hydrogen-bond acceptors (Lipinski definition) is 11. The van der Waals surface area contributed by atoms with Crippen LogP contribution in [0.3, 0.4) is 0 Å². The van der Waals surface area contributed by atoms with Crippen molar-refractivity contribution in [2.75, 3.05) is 18.2 Å². The van der Waals surface area contributed by atoms with Crippen LogP contribution in [-0.2, 0) is 11.3 Å². The third kappa shape index (κ3) is 6.25. The van der Waals surface area contributed by atoms with Gasteiger partial charge in [-0.15, -0.1) is 20.4 Å². The van der Waals surface area contributed by atoms with Crippen LogP contribution < -0.4 is 15.4 Å². The molecular weight excluding hydrogens is 520 g/mol. The molecule has 0 bridgehead atoms. The molecule has 0 aliphatic rings. The molecule has 0 spiro atoms. The first-order valence-electron chi connectivity index (χ1n) is 10.7. The SMILES string of the molecule is COc1ccccc1-n1c(CNC(=O)c2ccc([N+](=O)[O-])cc2)nnc1SCC(=O)Nc1nnc(C)s1. The van der Waals surface area contributed by atoms with Gasteiger partial charge in [-0.3, -0.25) is 29.6 Å². The molecule has 2 heterocycles. The molecule has 0 atom stereocenters. The van der Waals surface area contributed by atoms with Crippen molar-refractivity contribution in [3.8, 4) is 11.4 Å². The van der Waals surface area contributed by atoms with Crippen LogP contribution in [0.15, 0.2) is 53.7 Å². The summed E-state index contributed by atoms with van der Waals surface area (Å²) in [5.41, 5.74) is 0.767. The molecule has 2 amide bonds. The number of hydrogen-bond donors (Lipinski definition) is 2. The number of ether oxygens (including phenoxy) is 1. The summed E-state index contributed by atoms with van der Waals surface area (Å²) in [5, 5.41) is 34.0. The van der Waals surface area contributed by atoms with Gasteiger partial charge in [0.15, 0.2) is 11.0 Å². The monoisotopic (exact) mass is 540 g/mol. The Kier molecular flexibility index (Phi) is 8.05. The fourth-order valence-corrected chi connectivity index (χ4v) is 4.56. The van der Waals surface area contributed by atoms with E-state index in [0.29, 0.717) is 27.5 Å². The molecule has 2 N–H and O–H groups in total. The van der Waals surface area contributed by atoms with Crippen molar-refractivity contribution in [1.82, 2.24) is 30.3 Å². The molecule has 190 valence electrons. The fraction of sp³-hybridized carbons (Fsp3) is 0.182. The van der Waals surface area contributed by atoms with Crippen molar-refractivity contribution in [3.05, 3.63) is 75.0 Å². The highest BCUT2D eigenvalue weighted by atomic mass is 32.2. The van der Waals surface area contributed by atoms with E-state index < -0.39 is 10.8 Å². The second kappa shape index (κ2) is 11.6. The van der Waals surface area contributed by atoms with Crippen LogP contribution in [0.5, 0.6) is 5.75 Å². The molecule has 15 heteroatoms. The molecule has 13 nitrogen and oxygen atoms in total. The standard InChI is InChI=1S/C22H20N8O5S2/c1-13-25-27-21(37-13)24-19(31)12-36-22-28-26-18(29(22)16-5-3-4-6-17(16)35-2)11-23-20(32)14-7-9-15(10-8-14)30(33)34/h3-10H,11-12H2,1-2H3,(H,23,32)(H,24,27,31). The van der Waals surface area contributed by atoms with E-state index in [4.69, 9.17) is 4.74 Å². The molecular formula is C22H20N8O5S2. The van der Waals surface area contributed by atoms with Crippen LogP contribution in [0.1, 0.15) is 21.2 Å². The zero-order valence-electron chi connectivity index (χ0n) is 19.6. The number of carbonyl (C=O) groups excluding carboxylic acids is 2. The molecule has 37 heavy (non-hydrogen) atoms. The van der Waals surface area contributed by atoms with Crippen LogP contribution in [0.25, 0.3) is 5.69 Å². The maximum atomic E-state index is 12.6. The number of rotatable bonds is 10. The summed E-state index contributed by atoms with van der Waals surface area (Å²) in [7, 11) is 1.53. The van der Waals surface area contributed by atoms with Gasteiger partial charge in [0.1, 0.15) is 10.8 Å². The van der Waals surface area contributed by atoms with E-state index in [1.165, 1.54) is 42.7 Å². The lowest BCUT2D eigenvalue weighted by Gasteiger charge is -2.14. The van der Waals surface area contributed by atoms with Crippen molar-refractivity contribution in [2.24, 2.45) is 0 Å². The first-order valence-corrected chi connectivity index (χ1v) is 12.5. The van der Waals surface area contributed by atoms with Gasteiger partial charge in [0, 0.05) is 17.7 Å². The Balaban J connectivity index is 1.53. The lowest BCUT2D eigenvalue weighted by molar-refractivity contribution is -0.384. The summed E-state index contributed by atoms with van der Waals surface area (Å²) >= 11 is 2.42. The van der Waals surface area contributed by atoms with E-state index in [-0.39, 0.29) is 29.5 Å². The summed E-state index contributed by atoms with van der Waals surface area (Å²) in [6.07, 6.45) is 0. The molecule has 0 fully saturated rings. The average Bonchev–Trinajstić information content (AvgIpc) is 3.51. The molecule has 0 radical (unpaired) electrons. The molecule has 0 aliphatic carbocycles. The summed E-state index contributed by atoms with van der Waals surface area (Å²) in [6, 6.07) is 12.5. The minimum Gasteiger partial charge on any atom is -0.495 e. The topological polar surface area (TPSA) is 167 Å². The summed E-state index contributed by atoms with van der Waals surface area (Å²) in [4.78, 5) is 35.4. The quantitative estimate of drug-likeness (QED) is 0.173. The third-order valence-electron chi connectivity index (χ3n) is 4.88. The van der Waals surface area contributed by atoms with Crippen LogP contribution in [0, 0.1) is 17.0 Å². The molecule has 2 aromatic heterocycles. The van der Waals surface area contributed by atoms with Crippen molar-refractivity contribution in [1.29, 1.82) is 0 Å². The zero-order valence-corrected chi connectivity index (χ0v) is 21.2. The number of nitro benzene ring substituents is 1. The van der Waals surface area contributed by atoms with Gasteiger partial charge < -0.3 is 10.1 Å². The lowest BCUT2D eigenvalue weighted by Crippen LogP contribution is -2.24. The van der Waals surface area contributed by atoms with E-state index in [1.54, 1.807) is 23.6 Å². The Labute approximate surface area is 218 Å². The first kappa shape index (κ1) is 25.7. The summed E-state index contributed by atoms with van der Waals surface area (Å²) < 4.78 is 7.19. The molecule has 0 unspecified atom stereocenters. The maximum Gasteiger partial charge on any atom is 0.269 e. The second-order valence-corrected chi connectivity index (χ2v) is 9.48. The van der Waals surface area contributed by atoms with Gasteiger partial charge in [-0.2, -0.15) is 0 Å². The predicted molar refractivity (Wildman–Crippen MR) is 136 cm³/mol. The van der Waals surface area contributed by atoms with E-state index in [2.05, 4.69) is 31.0 Å². The largest absolute Gasteiger partial charge is 0.495 e. The number of para-hydroxylation sites is 2. The molecule has 0 saturated carbocycles. The normalized spacial score (nSPS) is 10.6. The predicted octanol–water partition coefficient (Wildman–Crippen LogP) is 3.00. The van der Waals surface area contributed by atoms with Crippen molar-refractivity contribution < 1.29 is 19.2 Å². The van der Waals surface area contributed by atoms with Gasteiger partial charge >= 0.3 is 0 Å². The third-order valence-corrected chi connectivity index (χ3v) is 6.56. The number of nitro groups is 1. The Morgan fingerprint density at radius 3 is 2.54 bits per heavy atom. The van der Waals surface area contributed by atoms with Gasteiger partial charge in [0.25, 0.3) is 11.6 Å². The minimum absolute atomic E-state index is 0.00229. The smallest absolute Gasteiger partial charge is 0.269 e. The number of thioether (sulfide) groups is 1. The highest BCUT2D eigenvalue weighted by molar-refractivity contribution is 7.99. The van der Waals surface area contributed by atoms with E-state index in [1.807, 2.05) is 12.1 Å². The van der Waals surface area contributed by atoms with Crippen LogP contribution in [-0.4, -0.2) is 54.6 Å².